The average Bonchev–Trinajstić information content (AvgIpc) is 3.54. The number of nitrogens with zero attached hydrogens (tertiary/aromatic N) is 6. The van der Waals surface area contributed by atoms with Crippen molar-refractivity contribution in [2.24, 2.45) is 0 Å². The van der Waals surface area contributed by atoms with Crippen LogP contribution in [0.15, 0.2) is 30.5 Å². The molecule has 0 bridgehead atoms. The first kappa shape index (κ1) is 28.8. The van der Waals surface area contributed by atoms with E-state index in [1.165, 1.54) is 11.1 Å². The van der Waals surface area contributed by atoms with Gasteiger partial charge in [-0.25, -0.2) is 26.8 Å². The first-order valence-electron chi connectivity index (χ1n) is 12.6. The van der Waals surface area contributed by atoms with E-state index in [1.54, 1.807) is 15.6 Å². The molecule has 6 rings (SSSR count). The Hall–Kier alpha value is -2.73. The highest BCUT2D eigenvalue weighted by Gasteiger charge is 2.25. The Morgan fingerprint density at radius 1 is 1.02 bits per heavy atom. The molecule has 0 radical (unpaired) electrons. The van der Waals surface area contributed by atoms with Crippen LogP contribution < -0.4 is 4.90 Å². The fourth-order valence-corrected chi connectivity index (χ4v) is 6.74. The molecule has 2 saturated heterocycles. The normalized spacial score (nSPS) is 17.7. The third-order valence-electron chi connectivity index (χ3n) is 6.62. The van der Waals surface area contributed by atoms with Crippen LogP contribution in [0.5, 0.6) is 0 Å². The highest BCUT2D eigenvalue weighted by Crippen LogP contribution is 2.36. The number of morpholine rings is 1. The zero-order chi connectivity index (χ0) is 28.5. The molecule has 0 spiro atoms. The highest BCUT2D eigenvalue weighted by atomic mass is 32.2. The van der Waals surface area contributed by atoms with Gasteiger partial charge in [0.05, 0.1) is 51.5 Å². The molecular weight excluding hydrogens is 579 g/mol. The van der Waals surface area contributed by atoms with Crippen molar-refractivity contribution in [2.45, 2.75) is 6.54 Å². The number of nitrogens with one attached hydrogen (secondary N) is 1. The molecule has 0 aliphatic carbocycles. The topological polar surface area (TPSA) is 165 Å². The number of aromatic amines is 1. The van der Waals surface area contributed by atoms with Crippen LogP contribution >= 0.6 is 11.3 Å². The number of aromatic nitrogens is 4. The number of anilines is 1. The Morgan fingerprint density at radius 2 is 1.73 bits per heavy atom. The summed E-state index contributed by atoms with van der Waals surface area (Å²) in [7, 11) is -7.05. The van der Waals surface area contributed by atoms with Crippen molar-refractivity contribution in [1.82, 2.24) is 29.4 Å². The molecule has 0 saturated carbocycles. The number of hydrogen-bond acceptors (Lipinski definition) is 12. The smallest absolute Gasteiger partial charge is 0.211 e. The van der Waals surface area contributed by atoms with Crippen LogP contribution in [-0.2, 0) is 31.4 Å². The van der Waals surface area contributed by atoms with E-state index < -0.39 is 20.1 Å². The number of benzene rings is 1. The largest absolute Gasteiger partial charge is 0.748 e. The monoisotopic (exact) mass is 608 g/mol. The summed E-state index contributed by atoms with van der Waals surface area (Å²) in [5.41, 5.74) is 2.85. The summed E-state index contributed by atoms with van der Waals surface area (Å²) in [5.74, 6) is 1.64. The van der Waals surface area contributed by atoms with Crippen molar-refractivity contribution >= 4 is 58.4 Å². The number of fused-ring (bicyclic) bond motifs is 2. The van der Waals surface area contributed by atoms with Crippen molar-refractivity contribution in [3.05, 3.63) is 35.3 Å². The van der Waals surface area contributed by atoms with Crippen LogP contribution in [0, 0.1) is 0 Å². The minimum Gasteiger partial charge on any atom is -0.748 e. The van der Waals surface area contributed by atoms with Gasteiger partial charge in [0, 0.05) is 67.9 Å². The summed E-state index contributed by atoms with van der Waals surface area (Å²) >= 11 is 1.73. The molecule has 0 amide bonds. The molecule has 4 aromatic rings. The molecule has 1 N–H and O–H groups in total. The number of sulfonamides is 1. The van der Waals surface area contributed by atoms with Crippen LogP contribution in [0.2, 0.25) is 0 Å². The summed E-state index contributed by atoms with van der Waals surface area (Å²) in [5, 5.41) is 8.23. The van der Waals surface area contributed by atoms with Crippen molar-refractivity contribution < 1.29 is 26.1 Å². The summed E-state index contributed by atoms with van der Waals surface area (Å²) in [4.78, 5) is 15.8. The molecule has 1 aromatic carbocycles. The summed E-state index contributed by atoms with van der Waals surface area (Å²) in [6.45, 7) is 6.22. The van der Waals surface area contributed by atoms with Crippen molar-refractivity contribution in [3.63, 3.8) is 0 Å². The summed E-state index contributed by atoms with van der Waals surface area (Å²) < 4.78 is 59.1. The van der Waals surface area contributed by atoms with Gasteiger partial charge in [-0.3, -0.25) is 10.00 Å². The quantitative estimate of drug-likeness (QED) is 0.325. The zero-order valence-electron chi connectivity index (χ0n) is 22.1. The molecule has 2 aliphatic heterocycles. The molecule has 5 heterocycles. The van der Waals surface area contributed by atoms with Gasteiger partial charge in [0.1, 0.15) is 0 Å². The Labute approximate surface area is 236 Å². The maximum absolute atomic E-state index is 11.8. The summed E-state index contributed by atoms with van der Waals surface area (Å²) in [6.07, 6.45) is 3.71. The lowest BCUT2D eigenvalue weighted by atomic mass is 10.1. The fourth-order valence-electron chi connectivity index (χ4n) is 4.75. The van der Waals surface area contributed by atoms with Gasteiger partial charge in [-0.05, 0) is 12.1 Å². The van der Waals surface area contributed by atoms with E-state index in [0.717, 1.165) is 65.2 Å². The summed E-state index contributed by atoms with van der Waals surface area (Å²) in [6, 6.07) is 8.19. The van der Waals surface area contributed by atoms with Gasteiger partial charge in [-0.2, -0.15) is 9.40 Å². The predicted octanol–water partition coefficient (Wildman–Crippen LogP) is 1.31. The van der Waals surface area contributed by atoms with Gasteiger partial charge >= 0.3 is 0 Å². The lowest BCUT2D eigenvalue weighted by Crippen LogP contribution is -2.47. The van der Waals surface area contributed by atoms with Crippen molar-refractivity contribution in [2.75, 3.05) is 69.9 Å². The second-order valence-corrected chi connectivity index (χ2v) is 14.2. The standard InChI is InChI=1S/C23H27N7O3S2.CH4O3S/c1-35(31,32)30-7-5-28(6-8-30)15-16-13-20-21(34-16)23(29-9-11-33-12-10-29)26-22(25-20)17-3-2-4-19-18(17)14-24-27-19;1-5(2,3)4/h2-4,13-14H,5-12,15H2,1H3,(H,24,27);1H3,(H,2,3,4)/p-1. The van der Waals surface area contributed by atoms with Crippen LogP contribution in [0.25, 0.3) is 32.5 Å². The maximum Gasteiger partial charge on any atom is 0.211 e. The molecule has 2 aliphatic rings. The van der Waals surface area contributed by atoms with Gasteiger partial charge in [-0.15, -0.1) is 11.3 Å². The molecule has 16 heteroatoms. The third kappa shape index (κ3) is 6.94. The minimum absolute atomic E-state index is 0.529. The Balaban J connectivity index is 0.000000595. The second kappa shape index (κ2) is 11.6. The van der Waals surface area contributed by atoms with Crippen molar-refractivity contribution in [1.29, 1.82) is 0 Å². The van der Waals surface area contributed by atoms with Crippen LogP contribution in [0.3, 0.4) is 0 Å². The number of H-pyrrole nitrogens is 1. The van der Waals surface area contributed by atoms with E-state index >= 15 is 0 Å². The first-order valence-corrected chi connectivity index (χ1v) is 17.1. The second-order valence-electron chi connectivity index (χ2n) is 9.68. The van der Waals surface area contributed by atoms with Crippen molar-refractivity contribution in [3.8, 4) is 11.4 Å². The van der Waals surface area contributed by atoms with Gasteiger partial charge in [0.15, 0.2) is 11.6 Å². The van der Waals surface area contributed by atoms with Crippen LogP contribution in [-0.4, -0.2) is 116 Å². The van der Waals surface area contributed by atoms with Gasteiger partial charge in [0.2, 0.25) is 10.0 Å². The maximum atomic E-state index is 11.8. The highest BCUT2D eigenvalue weighted by molar-refractivity contribution is 7.88. The molecular formula is C24H30N7O6S3-. The molecule has 3 aromatic heterocycles. The lowest BCUT2D eigenvalue weighted by molar-refractivity contribution is 0.122. The van der Waals surface area contributed by atoms with E-state index in [4.69, 9.17) is 27.7 Å². The number of ether oxygens (including phenoxy) is 1. The van der Waals surface area contributed by atoms with E-state index in [1.807, 2.05) is 24.4 Å². The number of rotatable bonds is 5. The van der Waals surface area contributed by atoms with Crippen LogP contribution in [0.4, 0.5) is 5.82 Å². The average molecular weight is 609 g/mol. The van der Waals surface area contributed by atoms with E-state index in [-0.39, 0.29) is 0 Å². The molecule has 13 nitrogen and oxygen atoms in total. The van der Waals surface area contributed by atoms with Gasteiger partial charge < -0.3 is 14.2 Å². The molecule has 216 valence electrons. The Kier molecular flexibility index (Phi) is 8.37. The van der Waals surface area contributed by atoms with Gasteiger partial charge in [0.25, 0.3) is 0 Å². The number of piperazine rings is 1. The molecule has 2 fully saturated rings. The molecule has 40 heavy (non-hydrogen) atoms. The van der Waals surface area contributed by atoms with Crippen LogP contribution in [0.1, 0.15) is 4.88 Å². The number of thiophene rings is 1. The minimum atomic E-state index is -3.92. The lowest BCUT2D eigenvalue weighted by Gasteiger charge is -2.32. The predicted molar refractivity (Wildman–Crippen MR) is 153 cm³/mol. The Morgan fingerprint density at radius 3 is 2.40 bits per heavy atom. The third-order valence-corrected chi connectivity index (χ3v) is 9.03. The number of hydrogen-bond donors (Lipinski definition) is 1. The van der Waals surface area contributed by atoms with E-state index in [0.29, 0.717) is 38.4 Å². The molecule has 0 unspecified atom stereocenters. The van der Waals surface area contributed by atoms with E-state index in [2.05, 4.69) is 26.1 Å². The fraction of sp³-hybridized carbons (Fsp3) is 0.458. The van der Waals surface area contributed by atoms with E-state index in [9.17, 15) is 8.42 Å². The Bertz CT molecular complexity index is 1700. The first-order chi connectivity index (χ1) is 19.0. The SMILES string of the molecule is CS(=O)(=O)N1CCN(Cc2cc3nc(-c4cccc5[nH]ncc45)nc(N4CCOCC4)c3s2)CC1.CS(=O)(=O)[O-]. The molecule has 0 atom stereocenters. The van der Waals surface area contributed by atoms with Gasteiger partial charge in [-0.1, -0.05) is 12.1 Å². The zero-order valence-corrected chi connectivity index (χ0v) is 24.6.